The lowest BCUT2D eigenvalue weighted by atomic mass is 9.78. The maximum atomic E-state index is 5.97. The average Bonchev–Trinajstić information content (AvgIpc) is 2.94. The molecule has 5 aromatic rings. The van der Waals surface area contributed by atoms with E-state index in [1.807, 2.05) is 30.3 Å². The molecular weight excluding hydrogens is 460 g/mol. The van der Waals surface area contributed by atoms with Crippen LogP contribution in [0.15, 0.2) is 127 Å². The van der Waals surface area contributed by atoms with Crippen molar-refractivity contribution in [2.24, 2.45) is 0 Å². The van der Waals surface area contributed by atoms with Gasteiger partial charge in [0.2, 0.25) is 0 Å². The fourth-order valence-electron chi connectivity index (χ4n) is 4.83. The minimum atomic E-state index is -0.118. The van der Waals surface area contributed by atoms with Gasteiger partial charge in [-0.2, -0.15) is 0 Å². The van der Waals surface area contributed by atoms with Gasteiger partial charge >= 0.3 is 0 Å². The maximum Gasteiger partial charge on any atom is 0.127 e. The molecule has 0 radical (unpaired) electrons. The van der Waals surface area contributed by atoms with E-state index in [2.05, 4.69) is 132 Å². The van der Waals surface area contributed by atoms with Gasteiger partial charge in [0.25, 0.3) is 0 Å². The molecule has 190 valence electrons. The van der Waals surface area contributed by atoms with Crippen molar-refractivity contribution in [3.63, 3.8) is 0 Å². The second kappa shape index (κ2) is 10.3. The summed E-state index contributed by atoms with van der Waals surface area (Å²) in [6.45, 7) is 11.3. The molecule has 0 heterocycles. The van der Waals surface area contributed by atoms with E-state index in [0.29, 0.717) is 0 Å². The van der Waals surface area contributed by atoms with Crippen LogP contribution in [0.1, 0.15) is 51.3 Å². The Morgan fingerprint density at radius 2 is 0.711 bits per heavy atom. The van der Waals surface area contributed by atoms with Gasteiger partial charge in [0, 0.05) is 5.41 Å². The summed E-state index contributed by atoms with van der Waals surface area (Å²) < 4.78 is 5.97. The van der Waals surface area contributed by atoms with E-state index in [-0.39, 0.29) is 10.8 Å². The van der Waals surface area contributed by atoms with Crippen LogP contribution >= 0.6 is 0 Å². The Morgan fingerprint density at radius 1 is 0.368 bits per heavy atom. The first kappa shape index (κ1) is 25.5. The van der Waals surface area contributed by atoms with Crippen LogP contribution in [-0.2, 0) is 10.8 Å². The van der Waals surface area contributed by atoms with Gasteiger partial charge in [-0.1, -0.05) is 138 Å². The highest BCUT2D eigenvalue weighted by Gasteiger charge is 2.23. The Hall–Kier alpha value is -4.10. The highest BCUT2D eigenvalue weighted by molar-refractivity contribution is 5.71. The van der Waals surface area contributed by atoms with Crippen molar-refractivity contribution in [1.82, 2.24) is 0 Å². The smallest absolute Gasteiger partial charge is 0.127 e. The highest BCUT2D eigenvalue weighted by Crippen LogP contribution is 2.35. The van der Waals surface area contributed by atoms with Crippen LogP contribution in [0.4, 0.5) is 0 Å². The molecule has 5 rings (SSSR count). The van der Waals surface area contributed by atoms with Crippen molar-refractivity contribution in [3.8, 4) is 33.8 Å². The third-order valence-corrected chi connectivity index (χ3v) is 7.46. The van der Waals surface area contributed by atoms with Gasteiger partial charge in [-0.05, 0) is 68.6 Å². The fourth-order valence-corrected chi connectivity index (χ4v) is 4.83. The first-order valence-corrected chi connectivity index (χ1v) is 13.4. The zero-order valence-electron chi connectivity index (χ0n) is 23.0. The van der Waals surface area contributed by atoms with E-state index in [1.165, 1.54) is 38.9 Å². The van der Waals surface area contributed by atoms with E-state index in [0.717, 1.165) is 11.5 Å². The summed E-state index contributed by atoms with van der Waals surface area (Å²) >= 11 is 0. The van der Waals surface area contributed by atoms with Gasteiger partial charge in [0.1, 0.15) is 11.5 Å². The quantitative estimate of drug-likeness (QED) is 0.227. The second-order valence-corrected chi connectivity index (χ2v) is 11.5. The molecule has 0 spiro atoms. The van der Waals surface area contributed by atoms with Crippen LogP contribution in [0, 0.1) is 0 Å². The van der Waals surface area contributed by atoms with Crippen LogP contribution < -0.4 is 4.74 Å². The number of hydrogen-bond donors (Lipinski definition) is 0. The predicted molar refractivity (Wildman–Crippen MR) is 161 cm³/mol. The number of benzene rings is 5. The lowest BCUT2D eigenvalue weighted by Crippen LogP contribution is -2.18. The van der Waals surface area contributed by atoms with E-state index < -0.39 is 0 Å². The van der Waals surface area contributed by atoms with E-state index in [9.17, 15) is 0 Å². The Balaban J connectivity index is 1.29. The van der Waals surface area contributed by atoms with Gasteiger partial charge in [-0.15, -0.1) is 0 Å². The molecule has 0 aliphatic rings. The monoisotopic (exact) mass is 496 g/mol. The van der Waals surface area contributed by atoms with E-state index in [1.54, 1.807) is 0 Å². The zero-order chi connectivity index (χ0) is 26.8. The Labute approximate surface area is 227 Å². The van der Waals surface area contributed by atoms with Crippen LogP contribution in [0.3, 0.4) is 0 Å². The molecule has 0 saturated heterocycles. The van der Waals surface area contributed by atoms with E-state index in [4.69, 9.17) is 4.74 Å². The van der Waals surface area contributed by atoms with Gasteiger partial charge in [-0.25, -0.2) is 0 Å². The first-order valence-electron chi connectivity index (χ1n) is 13.4. The van der Waals surface area contributed by atoms with Crippen molar-refractivity contribution in [2.45, 2.75) is 45.4 Å². The van der Waals surface area contributed by atoms with Crippen molar-refractivity contribution in [2.75, 3.05) is 0 Å². The summed E-state index contributed by atoms with van der Waals surface area (Å²) in [5.41, 5.74) is 8.90. The fraction of sp³-hybridized carbons (Fsp3) is 0.189. The van der Waals surface area contributed by atoms with Gasteiger partial charge in [0.15, 0.2) is 0 Å². The molecule has 0 fully saturated rings. The standard InChI is InChI=1S/C37H36O/c1-36(2,3)31-19-15-29(16-20-31)27-11-13-28(14-12-27)30-17-21-32(22-18-30)37(4,5)33-23-25-35(26-24-33)38-34-9-7-6-8-10-34/h6-26H,1-5H3. The molecular formula is C37H36O. The third-order valence-electron chi connectivity index (χ3n) is 7.46. The number of ether oxygens (including phenoxy) is 1. The number of para-hydroxylation sites is 1. The molecule has 1 nitrogen and oxygen atoms in total. The topological polar surface area (TPSA) is 9.23 Å². The summed E-state index contributed by atoms with van der Waals surface area (Å²) in [5, 5.41) is 0. The first-order chi connectivity index (χ1) is 18.2. The molecule has 0 aromatic heterocycles. The number of rotatable bonds is 6. The second-order valence-electron chi connectivity index (χ2n) is 11.5. The van der Waals surface area contributed by atoms with Gasteiger partial charge < -0.3 is 4.74 Å². The summed E-state index contributed by atoms with van der Waals surface area (Å²) in [6, 6.07) is 45.1. The summed E-state index contributed by atoms with van der Waals surface area (Å²) in [4.78, 5) is 0. The van der Waals surface area contributed by atoms with E-state index >= 15 is 0 Å². The molecule has 0 atom stereocenters. The molecule has 0 unspecified atom stereocenters. The average molecular weight is 497 g/mol. The van der Waals surface area contributed by atoms with Crippen LogP contribution in [-0.4, -0.2) is 0 Å². The molecule has 0 bridgehead atoms. The summed E-state index contributed by atoms with van der Waals surface area (Å²) in [6.07, 6.45) is 0. The van der Waals surface area contributed by atoms with Crippen LogP contribution in [0.2, 0.25) is 0 Å². The Morgan fingerprint density at radius 3 is 1.13 bits per heavy atom. The predicted octanol–water partition coefficient (Wildman–Crippen LogP) is 10.4. The zero-order valence-corrected chi connectivity index (χ0v) is 23.0. The summed E-state index contributed by atoms with van der Waals surface area (Å²) in [5.74, 6) is 1.70. The minimum absolute atomic E-state index is 0.118. The van der Waals surface area contributed by atoms with Crippen LogP contribution in [0.25, 0.3) is 22.3 Å². The normalized spacial score (nSPS) is 11.8. The molecule has 38 heavy (non-hydrogen) atoms. The van der Waals surface area contributed by atoms with Crippen molar-refractivity contribution < 1.29 is 4.74 Å². The number of hydrogen-bond acceptors (Lipinski definition) is 1. The van der Waals surface area contributed by atoms with Crippen LogP contribution in [0.5, 0.6) is 11.5 Å². The van der Waals surface area contributed by atoms with Gasteiger partial charge in [-0.3, -0.25) is 0 Å². The molecule has 0 aliphatic carbocycles. The lowest BCUT2D eigenvalue weighted by Gasteiger charge is -2.26. The molecule has 0 aliphatic heterocycles. The maximum absolute atomic E-state index is 5.97. The molecule has 0 amide bonds. The SMILES string of the molecule is CC(C)(C)c1ccc(-c2ccc(-c3ccc(C(C)(C)c4ccc(Oc5ccccc5)cc4)cc3)cc2)cc1. The molecule has 0 N–H and O–H groups in total. The van der Waals surface area contributed by atoms with Crippen molar-refractivity contribution in [1.29, 1.82) is 0 Å². The molecule has 1 heteroatoms. The molecule has 0 saturated carbocycles. The Bertz CT molecular complexity index is 1470. The lowest BCUT2D eigenvalue weighted by molar-refractivity contribution is 0.482. The Kier molecular flexibility index (Phi) is 6.95. The highest BCUT2D eigenvalue weighted by atomic mass is 16.5. The van der Waals surface area contributed by atoms with Crippen molar-refractivity contribution in [3.05, 3.63) is 144 Å². The summed E-state index contributed by atoms with van der Waals surface area (Å²) in [7, 11) is 0. The third kappa shape index (κ3) is 5.58. The largest absolute Gasteiger partial charge is 0.457 e. The van der Waals surface area contributed by atoms with Gasteiger partial charge in [0.05, 0.1) is 0 Å². The molecule has 5 aromatic carbocycles. The van der Waals surface area contributed by atoms with Crippen molar-refractivity contribution >= 4 is 0 Å². The minimum Gasteiger partial charge on any atom is -0.457 e.